The Kier molecular flexibility index (Phi) is 3.31. The monoisotopic (exact) mass is 240 g/mol. The Morgan fingerprint density at radius 3 is 2.67 bits per heavy atom. The lowest BCUT2D eigenvalue weighted by molar-refractivity contribution is 0.354. The molecule has 0 bridgehead atoms. The number of nitrogens with one attached hydrogen (secondary N) is 1. The minimum Gasteiger partial charge on any atom is -0.323 e. The van der Waals surface area contributed by atoms with Crippen molar-refractivity contribution < 1.29 is 0 Å². The lowest BCUT2D eigenvalue weighted by Gasteiger charge is -2.29. The summed E-state index contributed by atoms with van der Waals surface area (Å²) < 4.78 is 0. The zero-order valence-corrected chi connectivity index (χ0v) is 10.6. The summed E-state index contributed by atoms with van der Waals surface area (Å²) in [6, 6.07) is 15.6. The van der Waals surface area contributed by atoms with Gasteiger partial charge in [-0.3, -0.25) is 0 Å². The van der Waals surface area contributed by atoms with Crippen molar-refractivity contribution in [2.24, 2.45) is 5.73 Å². The Morgan fingerprint density at radius 2 is 1.89 bits per heavy atom. The Bertz CT molecular complexity index is 529. The fraction of sp³-hybridized carbons (Fsp3) is 0.375. The molecule has 18 heavy (non-hydrogen) atoms. The number of hydrogen-bond acceptors (Lipinski definition) is 2. The highest BCUT2D eigenvalue weighted by Gasteiger charge is 2.21. The van der Waals surface area contributed by atoms with Crippen LogP contribution < -0.4 is 11.1 Å². The minimum atomic E-state index is 0.106. The molecule has 2 aromatic rings. The third-order valence-electron chi connectivity index (χ3n) is 3.94. The maximum absolute atomic E-state index is 6.40. The highest BCUT2D eigenvalue weighted by molar-refractivity contribution is 5.83. The molecule has 1 fully saturated rings. The normalized spacial score (nSPS) is 21.9. The van der Waals surface area contributed by atoms with Crippen LogP contribution >= 0.6 is 0 Å². The van der Waals surface area contributed by atoms with Gasteiger partial charge in [0.25, 0.3) is 0 Å². The first kappa shape index (κ1) is 11.7. The van der Waals surface area contributed by atoms with Gasteiger partial charge in [-0.15, -0.1) is 0 Å². The van der Waals surface area contributed by atoms with Crippen LogP contribution in [-0.2, 0) is 0 Å². The fourth-order valence-electron chi connectivity index (χ4n) is 2.83. The van der Waals surface area contributed by atoms with E-state index in [2.05, 4.69) is 47.8 Å². The molecule has 1 aliphatic heterocycles. The number of benzene rings is 2. The zero-order valence-electron chi connectivity index (χ0n) is 10.6. The molecular formula is C16H20N2. The van der Waals surface area contributed by atoms with E-state index in [-0.39, 0.29) is 6.04 Å². The molecule has 0 spiro atoms. The summed E-state index contributed by atoms with van der Waals surface area (Å²) in [7, 11) is 0. The second kappa shape index (κ2) is 5.09. The van der Waals surface area contributed by atoms with E-state index in [9.17, 15) is 0 Å². The maximum Gasteiger partial charge on any atom is 0.0451 e. The summed E-state index contributed by atoms with van der Waals surface area (Å²) >= 11 is 0. The molecule has 94 valence electrons. The molecule has 2 aromatic carbocycles. The summed E-state index contributed by atoms with van der Waals surface area (Å²) in [6.07, 6.45) is 3.76. The summed E-state index contributed by atoms with van der Waals surface area (Å²) in [6.45, 7) is 1.10. The summed E-state index contributed by atoms with van der Waals surface area (Å²) in [5.41, 5.74) is 7.64. The lowest BCUT2D eigenvalue weighted by atomic mass is 9.92. The zero-order chi connectivity index (χ0) is 12.4. The van der Waals surface area contributed by atoms with E-state index < -0.39 is 0 Å². The van der Waals surface area contributed by atoms with Crippen molar-refractivity contribution in [1.82, 2.24) is 5.32 Å². The number of hydrogen-bond donors (Lipinski definition) is 2. The molecule has 2 heteroatoms. The van der Waals surface area contributed by atoms with Crippen LogP contribution in [-0.4, -0.2) is 12.6 Å². The first-order valence-corrected chi connectivity index (χ1v) is 6.82. The van der Waals surface area contributed by atoms with Gasteiger partial charge in [0.2, 0.25) is 0 Å². The molecule has 0 aromatic heterocycles. The Balaban J connectivity index is 1.88. The Labute approximate surface area is 108 Å². The third kappa shape index (κ3) is 2.26. The van der Waals surface area contributed by atoms with E-state index in [1.54, 1.807) is 0 Å². The van der Waals surface area contributed by atoms with Gasteiger partial charge in [-0.05, 0) is 41.8 Å². The molecule has 0 radical (unpaired) electrons. The van der Waals surface area contributed by atoms with Crippen LogP contribution in [0.25, 0.3) is 10.8 Å². The topological polar surface area (TPSA) is 38.0 Å². The second-order valence-corrected chi connectivity index (χ2v) is 5.19. The first-order chi connectivity index (χ1) is 8.84. The molecule has 2 atom stereocenters. The van der Waals surface area contributed by atoms with Crippen LogP contribution in [0.2, 0.25) is 0 Å². The molecule has 1 heterocycles. The van der Waals surface area contributed by atoms with Crippen LogP contribution in [0.1, 0.15) is 30.9 Å². The molecule has 3 N–H and O–H groups in total. The highest BCUT2D eigenvalue weighted by atomic mass is 15.0. The van der Waals surface area contributed by atoms with E-state index in [4.69, 9.17) is 5.73 Å². The second-order valence-electron chi connectivity index (χ2n) is 5.19. The largest absolute Gasteiger partial charge is 0.323 e. The molecule has 2 unspecified atom stereocenters. The molecule has 0 saturated carbocycles. The van der Waals surface area contributed by atoms with Gasteiger partial charge >= 0.3 is 0 Å². The lowest BCUT2D eigenvalue weighted by Crippen LogP contribution is -2.42. The summed E-state index contributed by atoms with van der Waals surface area (Å²) in [5.74, 6) is 0. The summed E-state index contributed by atoms with van der Waals surface area (Å²) in [5, 5.41) is 6.10. The van der Waals surface area contributed by atoms with Crippen LogP contribution in [0.15, 0.2) is 42.5 Å². The average molecular weight is 240 g/mol. The van der Waals surface area contributed by atoms with Crippen molar-refractivity contribution in [3.8, 4) is 0 Å². The van der Waals surface area contributed by atoms with Crippen LogP contribution in [0, 0.1) is 0 Å². The smallest absolute Gasteiger partial charge is 0.0451 e. The Morgan fingerprint density at radius 1 is 1.06 bits per heavy atom. The molecule has 1 saturated heterocycles. The summed E-state index contributed by atoms with van der Waals surface area (Å²) in [4.78, 5) is 0. The van der Waals surface area contributed by atoms with E-state index in [0.29, 0.717) is 6.04 Å². The predicted molar refractivity (Wildman–Crippen MR) is 76.5 cm³/mol. The van der Waals surface area contributed by atoms with Crippen LogP contribution in [0.3, 0.4) is 0 Å². The molecule has 0 aliphatic carbocycles. The van der Waals surface area contributed by atoms with Gasteiger partial charge in [0.05, 0.1) is 0 Å². The van der Waals surface area contributed by atoms with Crippen molar-refractivity contribution >= 4 is 10.8 Å². The molecular weight excluding hydrogens is 220 g/mol. The predicted octanol–water partition coefficient (Wildman–Crippen LogP) is 2.98. The Hall–Kier alpha value is -1.38. The quantitative estimate of drug-likeness (QED) is 0.847. The van der Waals surface area contributed by atoms with Crippen molar-refractivity contribution in [3.05, 3.63) is 48.0 Å². The SMILES string of the molecule is NC(c1ccc2ccccc2c1)C1CCCCN1. The van der Waals surface area contributed by atoms with Crippen molar-refractivity contribution in [3.63, 3.8) is 0 Å². The maximum atomic E-state index is 6.40. The number of rotatable bonds is 2. The standard InChI is InChI=1S/C16H20N2/c17-16(15-7-3-4-10-18-15)14-9-8-12-5-1-2-6-13(12)11-14/h1-2,5-6,8-9,11,15-16,18H,3-4,7,10,17H2. The van der Waals surface area contributed by atoms with E-state index in [0.717, 1.165) is 6.54 Å². The molecule has 3 rings (SSSR count). The molecule has 2 nitrogen and oxygen atoms in total. The van der Waals surface area contributed by atoms with Gasteiger partial charge in [0, 0.05) is 12.1 Å². The number of piperidine rings is 1. The van der Waals surface area contributed by atoms with Crippen LogP contribution in [0.5, 0.6) is 0 Å². The van der Waals surface area contributed by atoms with Gasteiger partial charge in [0.1, 0.15) is 0 Å². The van der Waals surface area contributed by atoms with Gasteiger partial charge in [-0.25, -0.2) is 0 Å². The van der Waals surface area contributed by atoms with Crippen molar-refractivity contribution in [2.45, 2.75) is 31.3 Å². The molecule has 0 amide bonds. The van der Waals surface area contributed by atoms with Crippen molar-refractivity contribution in [2.75, 3.05) is 6.54 Å². The number of fused-ring (bicyclic) bond motifs is 1. The van der Waals surface area contributed by atoms with Crippen molar-refractivity contribution in [1.29, 1.82) is 0 Å². The third-order valence-corrected chi connectivity index (χ3v) is 3.94. The van der Waals surface area contributed by atoms with Crippen LogP contribution in [0.4, 0.5) is 0 Å². The van der Waals surface area contributed by atoms with Gasteiger partial charge in [-0.1, -0.05) is 42.8 Å². The van der Waals surface area contributed by atoms with Gasteiger partial charge in [-0.2, -0.15) is 0 Å². The molecule has 1 aliphatic rings. The fourth-order valence-corrected chi connectivity index (χ4v) is 2.83. The minimum absolute atomic E-state index is 0.106. The van der Waals surface area contributed by atoms with Gasteiger partial charge in [0.15, 0.2) is 0 Å². The van der Waals surface area contributed by atoms with E-state index in [1.807, 2.05) is 0 Å². The average Bonchev–Trinajstić information content (AvgIpc) is 2.47. The van der Waals surface area contributed by atoms with E-state index >= 15 is 0 Å². The highest BCUT2D eigenvalue weighted by Crippen LogP contribution is 2.24. The van der Waals surface area contributed by atoms with Gasteiger partial charge < -0.3 is 11.1 Å². The first-order valence-electron chi connectivity index (χ1n) is 6.82. The number of nitrogens with two attached hydrogens (primary N) is 1. The van der Waals surface area contributed by atoms with E-state index in [1.165, 1.54) is 35.6 Å².